The molecular weight excluding hydrogens is 234 g/mol. The molecule has 1 aliphatic heterocycles. The van der Waals surface area contributed by atoms with Gasteiger partial charge in [0.25, 0.3) is 0 Å². The van der Waals surface area contributed by atoms with Gasteiger partial charge in [-0.1, -0.05) is 30.7 Å². The molecule has 2 nitrogen and oxygen atoms in total. The van der Waals surface area contributed by atoms with Crippen molar-refractivity contribution in [3.63, 3.8) is 0 Å². The minimum Gasteiger partial charge on any atom is -0.381 e. The molecule has 0 amide bonds. The Morgan fingerprint density at radius 1 is 1.11 bits per heavy atom. The molecule has 0 bridgehead atoms. The van der Waals surface area contributed by atoms with E-state index in [4.69, 9.17) is 4.74 Å². The van der Waals surface area contributed by atoms with Gasteiger partial charge in [-0.15, -0.1) is 0 Å². The molecule has 1 unspecified atom stereocenters. The zero-order valence-corrected chi connectivity index (χ0v) is 11.9. The lowest BCUT2D eigenvalue weighted by molar-refractivity contribution is 0.0544. The lowest BCUT2D eigenvalue weighted by Gasteiger charge is -2.35. The van der Waals surface area contributed by atoms with E-state index in [-0.39, 0.29) is 0 Å². The van der Waals surface area contributed by atoms with Crippen LogP contribution in [0.5, 0.6) is 0 Å². The van der Waals surface area contributed by atoms with Crippen molar-refractivity contribution in [1.82, 2.24) is 5.32 Å². The van der Waals surface area contributed by atoms with Crippen LogP contribution in [-0.4, -0.2) is 20.3 Å². The summed E-state index contributed by atoms with van der Waals surface area (Å²) < 4.78 is 5.51. The third kappa shape index (κ3) is 2.70. The van der Waals surface area contributed by atoms with Crippen LogP contribution in [-0.2, 0) is 4.74 Å². The number of rotatable bonds is 4. The standard InChI is InChI=1S/C17H25NO/c1-18-17(14-9-11-19-12-10-14)16-8-3-2-7-15(16)13-5-4-6-13/h2-3,7-8,13-14,17-18H,4-6,9-12H2,1H3. The van der Waals surface area contributed by atoms with Gasteiger partial charge in [-0.2, -0.15) is 0 Å². The second-order valence-electron chi connectivity index (χ2n) is 5.97. The lowest BCUT2D eigenvalue weighted by Crippen LogP contribution is -2.31. The second-order valence-corrected chi connectivity index (χ2v) is 5.97. The van der Waals surface area contributed by atoms with Crippen molar-refractivity contribution in [2.45, 2.75) is 44.1 Å². The largest absolute Gasteiger partial charge is 0.381 e. The summed E-state index contributed by atoms with van der Waals surface area (Å²) in [6.45, 7) is 1.85. The minimum atomic E-state index is 0.501. The highest BCUT2D eigenvalue weighted by Crippen LogP contribution is 2.41. The summed E-state index contributed by atoms with van der Waals surface area (Å²) in [5.74, 6) is 1.53. The highest BCUT2D eigenvalue weighted by Gasteiger charge is 2.29. The van der Waals surface area contributed by atoms with E-state index in [0.29, 0.717) is 6.04 Å². The van der Waals surface area contributed by atoms with Gasteiger partial charge in [0.05, 0.1) is 0 Å². The third-order valence-electron chi connectivity index (χ3n) is 4.92. The SMILES string of the molecule is CNC(c1ccccc1C1CCC1)C1CCOCC1. The normalized spacial score (nSPS) is 23.0. The van der Waals surface area contributed by atoms with Crippen molar-refractivity contribution >= 4 is 0 Å². The molecule has 2 heteroatoms. The Morgan fingerprint density at radius 3 is 2.47 bits per heavy atom. The van der Waals surface area contributed by atoms with E-state index in [0.717, 1.165) is 25.0 Å². The Kier molecular flexibility index (Phi) is 4.19. The lowest BCUT2D eigenvalue weighted by atomic mass is 9.75. The van der Waals surface area contributed by atoms with Gasteiger partial charge in [0.2, 0.25) is 0 Å². The van der Waals surface area contributed by atoms with Gasteiger partial charge < -0.3 is 10.1 Å². The molecule has 19 heavy (non-hydrogen) atoms. The quantitative estimate of drug-likeness (QED) is 0.891. The number of hydrogen-bond donors (Lipinski definition) is 1. The summed E-state index contributed by atoms with van der Waals surface area (Å²) in [5.41, 5.74) is 3.14. The maximum Gasteiger partial charge on any atom is 0.0469 e. The Bertz CT molecular complexity index is 407. The van der Waals surface area contributed by atoms with E-state index in [1.165, 1.54) is 32.1 Å². The predicted octanol–water partition coefficient (Wildman–Crippen LogP) is 3.64. The molecule has 1 saturated carbocycles. The van der Waals surface area contributed by atoms with Crippen LogP contribution in [0.3, 0.4) is 0 Å². The monoisotopic (exact) mass is 259 g/mol. The van der Waals surface area contributed by atoms with Gasteiger partial charge in [0, 0.05) is 19.3 Å². The minimum absolute atomic E-state index is 0.501. The summed E-state index contributed by atoms with van der Waals surface area (Å²) in [6, 6.07) is 9.59. The zero-order valence-electron chi connectivity index (χ0n) is 11.9. The van der Waals surface area contributed by atoms with Gasteiger partial charge in [0.15, 0.2) is 0 Å². The van der Waals surface area contributed by atoms with Crippen molar-refractivity contribution in [2.75, 3.05) is 20.3 Å². The van der Waals surface area contributed by atoms with Crippen molar-refractivity contribution in [3.05, 3.63) is 35.4 Å². The average molecular weight is 259 g/mol. The Hall–Kier alpha value is -0.860. The van der Waals surface area contributed by atoms with E-state index in [1.54, 1.807) is 11.1 Å². The van der Waals surface area contributed by atoms with E-state index in [1.807, 2.05) is 0 Å². The van der Waals surface area contributed by atoms with Crippen LogP contribution in [0.4, 0.5) is 0 Å². The molecule has 2 fully saturated rings. The number of ether oxygens (including phenoxy) is 1. The first-order valence-corrected chi connectivity index (χ1v) is 7.74. The Morgan fingerprint density at radius 2 is 1.84 bits per heavy atom. The summed E-state index contributed by atoms with van der Waals surface area (Å²) in [6.07, 6.45) is 6.53. The van der Waals surface area contributed by atoms with Gasteiger partial charge in [-0.05, 0) is 55.7 Å². The molecule has 1 aromatic carbocycles. The summed E-state index contributed by atoms with van der Waals surface area (Å²) in [7, 11) is 2.11. The molecule has 0 spiro atoms. The van der Waals surface area contributed by atoms with Crippen LogP contribution < -0.4 is 5.32 Å². The number of nitrogens with one attached hydrogen (secondary N) is 1. The Balaban J connectivity index is 1.85. The first kappa shape index (κ1) is 13.1. The highest BCUT2D eigenvalue weighted by molar-refractivity contribution is 5.34. The molecule has 1 atom stereocenters. The van der Waals surface area contributed by atoms with Crippen molar-refractivity contribution in [2.24, 2.45) is 5.92 Å². The fourth-order valence-electron chi connectivity index (χ4n) is 3.58. The van der Waals surface area contributed by atoms with E-state index >= 15 is 0 Å². The molecule has 3 rings (SSSR count). The highest BCUT2D eigenvalue weighted by atomic mass is 16.5. The van der Waals surface area contributed by atoms with Crippen molar-refractivity contribution in [1.29, 1.82) is 0 Å². The van der Waals surface area contributed by atoms with Crippen LogP contribution in [0, 0.1) is 5.92 Å². The van der Waals surface area contributed by atoms with Gasteiger partial charge in [0.1, 0.15) is 0 Å². The number of benzene rings is 1. The summed E-state index contributed by atoms with van der Waals surface area (Å²) in [5, 5.41) is 3.58. The fraction of sp³-hybridized carbons (Fsp3) is 0.647. The smallest absolute Gasteiger partial charge is 0.0469 e. The third-order valence-corrected chi connectivity index (χ3v) is 4.92. The first-order valence-electron chi connectivity index (χ1n) is 7.74. The first-order chi connectivity index (χ1) is 9.40. The number of hydrogen-bond acceptors (Lipinski definition) is 2. The van der Waals surface area contributed by atoms with Crippen LogP contribution in [0.1, 0.15) is 55.2 Å². The van der Waals surface area contributed by atoms with Crippen LogP contribution in [0.2, 0.25) is 0 Å². The van der Waals surface area contributed by atoms with E-state index in [9.17, 15) is 0 Å². The average Bonchev–Trinajstić information content (AvgIpc) is 2.41. The molecular formula is C17H25NO. The van der Waals surface area contributed by atoms with Crippen LogP contribution >= 0.6 is 0 Å². The molecule has 2 aliphatic rings. The molecule has 1 saturated heterocycles. The van der Waals surface area contributed by atoms with Gasteiger partial charge in [-0.3, -0.25) is 0 Å². The zero-order chi connectivity index (χ0) is 13.1. The maximum absolute atomic E-state index is 5.51. The molecule has 1 aliphatic carbocycles. The maximum atomic E-state index is 5.51. The van der Waals surface area contributed by atoms with Gasteiger partial charge in [-0.25, -0.2) is 0 Å². The molecule has 0 radical (unpaired) electrons. The van der Waals surface area contributed by atoms with E-state index < -0.39 is 0 Å². The van der Waals surface area contributed by atoms with Crippen molar-refractivity contribution in [3.8, 4) is 0 Å². The topological polar surface area (TPSA) is 21.3 Å². The molecule has 1 aromatic rings. The molecule has 104 valence electrons. The van der Waals surface area contributed by atoms with Crippen molar-refractivity contribution < 1.29 is 4.74 Å². The fourth-order valence-corrected chi connectivity index (χ4v) is 3.58. The van der Waals surface area contributed by atoms with Crippen LogP contribution in [0.25, 0.3) is 0 Å². The molecule has 1 heterocycles. The van der Waals surface area contributed by atoms with Gasteiger partial charge >= 0.3 is 0 Å². The second kappa shape index (κ2) is 6.06. The van der Waals surface area contributed by atoms with Crippen LogP contribution in [0.15, 0.2) is 24.3 Å². The van der Waals surface area contributed by atoms with E-state index in [2.05, 4.69) is 36.6 Å². The molecule has 0 aromatic heterocycles. The summed E-state index contributed by atoms with van der Waals surface area (Å²) >= 11 is 0. The predicted molar refractivity (Wildman–Crippen MR) is 78.4 cm³/mol. The Labute approximate surface area is 116 Å². The molecule has 1 N–H and O–H groups in total. The summed E-state index contributed by atoms with van der Waals surface area (Å²) in [4.78, 5) is 0.